The molecular weight excluding hydrogens is 578 g/mol. The molecule has 2 aliphatic carbocycles. The van der Waals surface area contributed by atoms with E-state index in [1.54, 1.807) is 12.4 Å². The van der Waals surface area contributed by atoms with Gasteiger partial charge in [-0.05, 0) is 91.9 Å². The van der Waals surface area contributed by atoms with Crippen molar-refractivity contribution in [2.24, 2.45) is 11.7 Å². The monoisotopic (exact) mass is 625 g/mol. The SMILES string of the molecule is Cc1cc(NC2CCC(CC(=O)OC(C)(C)C)CC2)n2nccc2n1.Cc1cc(NC2CCC(N)CC2)n2nccc2n1.Cl. The summed E-state index contributed by atoms with van der Waals surface area (Å²) >= 11 is 0. The molecule has 2 aliphatic rings. The van der Waals surface area contributed by atoms with Crippen LogP contribution in [-0.2, 0) is 9.53 Å². The molecule has 6 rings (SSSR count). The zero-order valence-corrected chi connectivity index (χ0v) is 27.4. The molecule has 0 saturated heterocycles. The Labute approximate surface area is 266 Å². The minimum absolute atomic E-state index is 0. The van der Waals surface area contributed by atoms with Crippen LogP contribution >= 0.6 is 12.4 Å². The van der Waals surface area contributed by atoms with Crippen molar-refractivity contribution in [1.29, 1.82) is 0 Å². The van der Waals surface area contributed by atoms with Gasteiger partial charge in [0.1, 0.15) is 17.2 Å². The summed E-state index contributed by atoms with van der Waals surface area (Å²) in [5, 5.41) is 15.8. The molecular formula is C32H48ClN9O2. The van der Waals surface area contributed by atoms with Crippen LogP contribution in [0.3, 0.4) is 0 Å². The van der Waals surface area contributed by atoms with Gasteiger partial charge in [0.2, 0.25) is 0 Å². The predicted molar refractivity (Wildman–Crippen MR) is 176 cm³/mol. The molecule has 44 heavy (non-hydrogen) atoms. The van der Waals surface area contributed by atoms with E-state index in [0.29, 0.717) is 30.5 Å². The van der Waals surface area contributed by atoms with Crippen LogP contribution in [0.2, 0.25) is 0 Å². The minimum Gasteiger partial charge on any atom is -0.460 e. The van der Waals surface area contributed by atoms with Gasteiger partial charge in [0.15, 0.2) is 11.3 Å². The van der Waals surface area contributed by atoms with Crippen molar-refractivity contribution < 1.29 is 9.53 Å². The van der Waals surface area contributed by atoms with Gasteiger partial charge < -0.3 is 21.1 Å². The first-order chi connectivity index (χ1) is 20.5. The number of hydrogen-bond acceptors (Lipinski definition) is 9. The Morgan fingerprint density at radius 3 is 1.75 bits per heavy atom. The Hall–Kier alpha value is -3.44. The van der Waals surface area contributed by atoms with Crippen molar-refractivity contribution in [3.05, 3.63) is 48.0 Å². The first-order valence-corrected chi connectivity index (χ1v) is 15.7. The fourth-order valence-electron chi connectivity index (χ4n) is 6.09. The zero-order valence-electron chi connectivity index (χ0n) is 26.6. The fourth-order valence-corrected chi connectivity index (χ4v) is 6.09. The molecule has 2 fully saturated rings. The lowest BCUT2D eigenvalue weighted by Gasteiger charge is -2.30. The van der Waals surface area contributed by atoms with E-state index >= 15 is 0 Å². The summed E-state index contributed by atoms with van der Waals surface area (Å²) < 4.78 is 9.15. The predicted octanol–water partition coefficient (Wildman–Crippen LogP) is 5.88. The maximum atomic E-state index is 12.0. The van der Waals surface area contributed by atoms with E-state index in [2.05, 4.69) is 36.9 Å². The van der Waals surface area contributed by atoms with Crippen LogP contribution in [0, 0.1) is 19.8 Å². The van der Waals surface area contributed by atoms with Crippen LogP contribution < -0.4 is 16.4 Å². The van der Waals surface area contributed by atoms with Crippen molar-refractivity contribution in [2.75, 3.05) is 10.6 Å². The Morgan fingerprint density at radius 2 is 1.30 bits per heavy atom. The highest BCUT2D eigenvalue weighted by Crippen LogP contribution is 2.30. The molecule has 4 heterocycles. The van der Waals surface area contributed by atoms with Crippen LogP contribution in [0.25, 0.3) is 11.3 Å². The summed E-state index contributed by atoms with van der Waals surface area (Å²) in [6.45, 7) is 9.75. The Bertz CT molecular complexity index is 1510. The van der Waals surface area contributed by atoms with Crippen molar-refractivity contribution >= 4 is 41.3 Å². The normalized spacial score (nSPS) is 22.0. The molecule has 0 bridgehead atoms. The van der Waals surface area contributed by atoms with Crippen molar-refractivity contribution in [3.8, 4) is 0 Å². The van der Waals surface area contributed by atoms with Gasteiger partial charge in [0.25, 0.3) is 0 Å². The second-order valence-corrected chi connectivity index (χ2v) is 13.2. The van der Waals surface area contributed by atoms with Crippen LogP contribution in [0.4, 0.5) is 11.6 Å². The lowest BCUT2D eigenvalue weighted by Crippen LogP contribution is -2.33. The zero-order chi connectivity index (χ0) is 30.6. The molecule has 0 atom stereocenters. The van der Waals surface area contributed by atoms with E-state index in [4.69, 9.17) is 10.5 Å². The highest BCUT2D eigenvalue weighted by molar-refractivity contribution is 5.85. The Morgan fingerprint density at radius 1 is 0.841 bits per heavy atom. The fraction of sp³-hybridized carbons (Fsp3) is 0.594. The lowest BCUT2D eigenvalue weighted by atomic mass is 9.84. The number of fused-ring (bicyclic) bond motifs is 2. The van der Waals surface area contributed by atoms with E-state index in [1.807, 2.05) is 61.8 Å². The number of aryl methyl sites for hydroxylation is 2. The summed E-state index contributed by atoms with van der Waals surface area (Å²) in [6, 6.07) is 9.21. The lowest BCUT2D eigenvalue weighted by molar-refractivity contribution is -0.156. The number of anilines is 2. The molecule has 240 valence electrons. The molecule has 0 radical (unpaired) electrons. The van der Waals surface area contributed by atoms with Gasteiger partial charge in [-0.15, -0.1) is 12.4 Å². The number of hydrogen-bond donors (Lipinski definition) is 3. The molecule has 4 N–H and O–H groups in total. The number of halogens is 1. The standard InChI is InChI=1S/C19H28N4O2.C13H19N5.ClH/c1-13-11-17(23-16(21-13)9-10-20-23)22-15-7-5-14(6-8-15)12-18(24)25-19(2,3)4;1-9-8-13(18-12(16-9)6-7-15-18)17-11-4-2-10(14)3-5-11;/h9-11,14-15,22H,5-8,12H2,1-4H3;6-8,10-11,17H,2-5,14H2,1H3;1H. The number of aromatic nitrogens is 6. The summed E-state index contributed by atoms with van der Waals surface area (Å²) in [6.07, 6.45) is 12.7. The topological polar surface area (TPSA) is 137 Å². The average molecular weight is 626 g/mol. The van der Waals surface area contributed by atoms with Crippen molar-refractivity contribution in [2.45, 2.75) is 116 Å². The van der Waals surface area contributed by atoms with E-state index < -0.39 is 5.60 Å². The molecule has 4 aromatic rings. The van der Waals surface area contributed by atoms with Crippen molar-refractivity contribution in [3.63, 3.8) is 0 Å². The second kappa shape index (κ2) is 14.6. The molecule has 4 aromatic heterocycles. The number of rotatable bonds is 6. The smallest absolute Gasteiger partial charge is 0.306 e. The van der Waals surface area contributed by atoms with Crippen molar-refractivity contribution in [1.82, 2.24) is 29.2 Å². The maximum absolute atomic E-state index is 12.0. The van der Waals surface area contributed by atoms with Gasteiger partial charge >= 0.3 is 5.97 Å². The molecule has 0 unspecified atom stereocenters. The third-order valence-corrected chi connectivity index (χ3v) is 8.17. The van der Waals surface area contributed by atoms with Gasteiger partial charge in [-0.25, -0.2) is 9.97 Å². The number of carbonyl (C=O) groups is 1. The molecule has 0 aliphatic heterocycles. The first kappa shape index (κ1) is 33.5. The second-order valence-electron chi connectivity index (χ2n) is 13.2. The van der Waals surface area contributed by atoms with E-state index in [-0.39, 0.29) is 18.4 Å². The third kappa shape index (κ3) is 9.04. The minimum atomic E-state index is -0.399. The first-order valence-electron chi connectivity index (χ1n) is 15.7. The molecule has 11 nitrogen and oxygen atoms in total. The summed E-state index contributed by atoms with van der Waals surface area (Å²) in [4.78, 5) is 20.9. The third-order valence-electron chi connectivity index (χ3n) is 8.17. The molecule has 12 heteroatoms. The van der Waals surface area contributed by atoms with Crippen LogP contribution in [0.15, 0.2) is 36.7 Å². The van der Waals surface area contributed by atoms with Gasteiger partial charge in [0, 0.05) is 60.2 Å². The largest absolute Gasteiger partial charge is 0.460 e. The van der Waals surface area contributed by atoms with E-state index in [9.17, 15) is 4.79 Å². The van der Waals surface area contributed by atoms with E-state index in [1.165, 1.54) is 0 Å². The number of nitrogens with zero attached hydrogens (tertiary/aromatic N) is 6. The Kier molecular flexibility index (Phi) is 11.1. The number of nitrogens with one attached hydrogen (secondary N) is 2. The number of esters is 1. The summed E-state index contributed by atoms with van der Waals surface area (Å²) in [5.41, 5.74) is 9.28. The highest BCUT2D eigenvalue weighted by atomic mass is 35.5. The van der Waals surface area contributed by atoms with Gasteiger partial charge in [-0.1, -0.05) is 0 Å². The maximum Gasteiger partial charge on any atom is 0.306 e. The molecule has 0 aromatic carbocycles. The summed E-state index contributed by atoms with van der Waals surface area (Å²) in [7, 11) is 0. The highest BCUT2D eigenvalue weighted by Gasteiger charge is 2.26. The van der Waals surface area contributed by atoms with E-state index in [0.717, 1.165) is 85.7 Å². The van der Waals surface area contributed by atoms with Gasteiger partial charge in [0.05, 0.1) is 12.4 Å². The number of nitrogens with two attached hydrogens (primary N) is 1. The molecule has 0 amide bonds. The van der Waals surface area contributed by atoms with Gasteiger partial charge in [-0.2, -0.15) is 19.2 Å². The average Bonchev–Trinajstić information content (AvgIpc) is 3.60. The number of ether oxygens (including phenoxy) is 1. The molecule has 2 saturated carbocycles. The van der Waals surface area contributed by atoms with Crippen LogP contribution in [0.5, 0.6) is 0 Å². The Balaban J connectivity index is 0.000000206. The summed E-state index contributed by atoms with van der Waals surface area (Å²) in [5.74, 6) is 2.37. The van der Waals surface area contributed by atoms with Crippen LogP contribution in [-0.4, -0.2) is 58.9 Å². The quantitative estimate of drug-likeness (QED) is 0.224. The van der Waals surface area contributed by atoms with Crippen LogP contribution in [0.1, 0.15) is 89.9 Å². The number of carbonyl (C=O) groups excluding carboxylic acids is 1. The van der Waals surface area contributed by atoms with Gasteiger partial charge in [-0.3, -0.25) is 4.79 Å². The molecule has 0 spiro atoms.